The minimum atomic E-state index is -0.0755. The van der Waals surface area contributed by atoms with Gasteiger partial charge in [-0.1, -0.05) is 25.1 Å². The molecule has 1 aliphatic heterocycles. The monoisotopic (exact) mass is 378 g/mol. The molecule has 2 amide bonds. The molecule has 0 spiro atoms. The van der Waals surface area contributed by atoms with E-state index in [-0.39, 0.29) is 11.8 Å². The molecule has 4 heteroatoms. The van der Waals surface area contributed by atoms with E-state index in [4.69, 9.17) is 0 Å². The average molecular weight is 379 g/mol. The summed E-state index contributed by atoms with van der Waals surface area (Å²) < 4.78 is 0. The second-order valence-corrected chi connectivity index (χ2v) is 7.53. The normalized spacial score (nSPS) is 16.7. The number of hydrogen-bond donors (Lipinski definition) is 0. The highest BCUT2D eigenvalue weighted by Gasteiger charge is 2.27. The molecule has 4 nitrogen and oxygen atoms in total. The Morgan fingerprint density at radius 3 is 2.50 bits per heavy atom. The van der Waals surface area contributed by atoms with Crippen LogP contribution >= 0.6 is 0 Å². The summed E-state index contributed by atoms with van der Waals surface area (Å²) in [6.45, 7) is 7.50. The molecule has 0 aromatic heterocycles. The standard InChI is InChI=1S/C24H30N2O2/c1-4-21-13-6-7-15-26(21)24(28)20-12-9-11-19(17-20)23(27)25(5-2)22-14-8-10-18(3)16-22/h8-12,14,16-17,21H,4-7,13,15H2,1-3H3. The van der Waals surface area contributed by atoms with Crippen LogP contribution in [0.3, 0.4) is 0 Å². The molecule has 0 bridgehead atoms. The molecule has 1 aliphatic rings. The number of likely N-dealkylation sites (tertiary alicyclic amines) is 1. The molecule has 0 N–H and O–H groups in total. The van der Waals surface area contributed by atoms with Crippen molar-refractivity contribution in [3.8, 4) is 0 Å². The SMILES string of the molecule is CCC1CCCCN1C(=O)c1cccc(C(=O)N(CC)c2cccc(C)c2)c1. The summed E-state index contributed by atoms with van der Waals surface area (Å²) in [5.41, 5.74) is 3.15. The van der Waals surface area contributed by atoms with Gasteiger partial charge in [-0.25, -0.2) is 0 Å². The van der Waals surface area contributed by atoms with Gasteiger partial charge in [0.25, 0.3) is 11.8 Å². The van der Waals surface area contributed by atoms with Crippen LogP contribution in [0.15, 0.2) is 48.5 Å². The van der Waals surface area contributed by atoms with E-state index in [1.807, 2.05) is 55.1 Å². The summed E-state index contributed by atoms with van der Waals surface area (Å²) in [6, 6.07) is 15.4. The van der Waals surface area contributed by atoms with Gasteiger partial charge < -0.3 is 9.80 Å². The third-order valence-electron chi connectivity index (χ3n) is 5.59. The highest BCUT2D eigenvalue weighted by molar-refractivity contribution is 6.07. The van der Waals surface area contributed by atoms with Crippen LogP contribution in [-0.4, -0.2) is 35.8 Å². The number of carbonyl (C=O) groups is 2. The van der Waals surface area contributed by atoms with Crippen molar-refractivity contribution in [1.82, 2.24) is 4.90 Å². The summed E-state index contributed by atoms with van der Waals surface area (Å²) in [5.74, 6) is -0.0340. The number of hydrogen-bond acceptors (Lipinski definition) is 2. The van der Waals surface area contributed by atoms with Crippen LogP contribution in [-0.2, 0) is 0 Å². The Labute approximate surface area is 168 Å². The number of anilines is 1. The highest BCUT2D eigenvalue weighted by atomic mass is 16.2. The Bertz CT molecular complexity index is 846. The Balaban J connectivity index is 1.85. The smallest absolute Gasteiger partial charge is 0.258 e. The third kappa shape index (κ3) is 4.27. The van der Waals surface area contributed by atoms with Gasteiger partial charge in [-0.15, -0.1) is 0 Å². The quantitative estimate of drug-likeness (QED) is 0.729. The van der Waals surface area contributed by atoms with Crippen molar-refractivity contribution in [3.63, 3.8) is 0 Å². The summed E-state index contributed by atoms with van der Waals surface area (Å²) in [5, 5.41) is 0. The largest absolute Gasteiger partial charge is 0.336 e. The van der Waals surface area contributed by atoms with Gasteiger partial charge in [0.2, 0.25) is 0 Å². The van der Waals surface area contributed by atoms with Gasteiger partial charge in [0.05, 0.1) is 0 Å². The Kier molecular flexibility index (Phi) is 6.50. The Morgan fingerprint density at radius 1 is 1.04 bits per heavy atom. The molecule has 2 aromatic carbocycles. The van der Waals surface area contributed by atoms with Crippen LogP contribution in [0.1, 0.15) is 65.8 Å². The number of nitrogens with zero attached hydrogens (tertiary/aromatic N) is 2. The first kappa shape index (κ1) is 20.1. The molecule has 1 atom stereocenters. The van der Waals surface area contributed by atoms with Crippen molar-refractivity contribution in [2.45, 2.75) is 52.5 Å². The van der Waals surface area contributed by atoms with Crippen LogP contribution in [0, 0.1) is 6.92 Å². The summed E-state index contributed by atoms with van der Waals surface area (Å²) in [4.78, 5) is 30.0. The van der Waals surface area contributed by atoms with E-state index in [1.165, 1.54) is 6.42 Å². The first-order valence-corrected chi connectivity index (χ1v) is 10.3. The maximum absolute atomic E-state index is 13.2. The molecular formula is C24H30N2O2. The van der Waals surface area contributed by atoms with Crippen molar-refractivity contribution in [3.05, 3.63) is 65.2 Å². The molecule has 3 rings (SSSR count). The molecule has 2 aromatic rings. The second-order valence-electron chi connectivity index (χ2n) is 7.53. The fourth-order valence-electron chi connectivity index (χ4n) is 4.04. The molecule has 1 heterocycles. The van der Waals surface area contributed by atoms with E-state index in [2.05, 4.69) is 6.92 Å². The van der Waals surface area contributed by atoms with Crippen molar-refractivity contribution in [1.29, 1.82) is 0 Å². The third-order valence-corrected chi connectivity index (χ3v) is 5.59. The fourth-order valence-corrected chi connectivity index (χ4v) is 4.04. The summed E-state index contributed by atoms with van der Waals surface area (Å²) in [7, 11) is 0. The number of benzene rings is 2. The van der Waals surface area contributed by atoms with E-state index in [0.29, 0.717) is 23.7 Å². The van der Waals surface area contributed by atoms with Crippen LogP contribution in [0.25, 0.3) is 0 Å². The fraction of sp³-hybridized carbons (Fsp3) is 0.417. The van der Waals surface area contributed by atoms with Gasteiger partial charge in [0.15, 0.2) is 0 Å². The van der Waals surface area contributed by atoms with E-state index in [9.17, 15) is 9.59 Å². The van der Waals surface area contributed by atoms with Gasteiger partial charge in [-0.3, -0.25) is 9.59 Å². The molecule has 1 fully saturated rings. The Morgan fingerprint density at radius 2 is 1.79 bits per heavy atom. The number of aryl methyl sites for hydroxylation is 1. The van der Waals surface area contributed by atoms with Gasteiger partial charge in [-0.2, -0.15) is 0 Å². The lowest BCUT2D eigenvalue weighted by atomic mass is 9.98. The van der Waals surface area contributed by atoms with Gasteiger partial charge in [0.1, 0.15) is 0 Å². The van der Waals surface area contributed by atoms with E-state index < -0.39 is 0 Å². The zero-order valence-electron chi connectivity index (χ0n) is 17.1. The number of piperidine rings is 1. The lowest BCUT2D eigenvalue weighted by Gasteiger charge is -2.35. The maximum Gasteiger partial charge on any atom is 0.258 e. The second kappa shape index (κ2) is 9.05. The molecule has 0 radical (unpaired) electrons. The van der Waals surface area contributed by atoms with E-state index in [0.717, 1.165) is 37.1 Å². The van der Waals surface area contributed by atoms with Crippen molar-refractivity contribution < 1.29 is 9.59 Å². The van der Waals surface area contributed by atoms with E-state index >= 15 is 0 Å². The molecule has 148 valence electrons. The maximum atomic E-state index is 13.2. The van der Waals surface area contributed by atoms with Crippen LogP contribution in [0.2, 0.25) is 0 Å². The van der Waals surface area contributed by atoms with Gasteiger partial charge in [-0.05, 0) is 75.4 Å². The van der Waals surface area contributed by atoms with E-state index in [1.54, 1.807) is 17.0 Å². The van der Waals surface area contributed by atoms with Crippen molar-refractivity contribution in [2.75, 3.05) is 18.0 Å². The van der Waals surface area contributed by atoms with Crippen LogP contribution in [0.4, 0.5) is 5.69 Å². The van der Waals surface area contributed by atoms with Gasteiger partial charge in [0, 0.05) is 35.9 Å². The minimum absolute atomic E-state index is 0.0415. The first-order chi connectivity index (χ1) is 13.5. The zero-order chi connectivity index (χ0) is 20.1. The molecular weight excluding hydrogens is 348 g/mol. The molecule has 0 aliphatic carbocycles. The Hall–Kier alpha value is -2.62. The summed E-state index contributed by atoms with van der Waals surface area (Å²) >= 11 is 0. The molecule has 0 saturated carbocycles. The highest BCUT2D eigenvalue weighted by Crippen LogP contribution is 2.23. The van der Waals surface area contributed by atoms with Crippen LogP contribution in [0.5, 0.6) is 0 Å². The molecule has 1 unspecified atom stereocenters. The number of carbonyl (C=O) groups excluding carboxylic acids is 2. The molecule has 28 heavy (non-hydrogen) atoms. The lowest BCUT2D eigenvalue weighted by Crippen LogP contribution is -2.43. The minimum Gasteiger partial charge on any atom is -0.336 e. The predicted octanol–water partition coefficient (Wildman–Crippen LogP) is 5.07. The number of amides is 2. The average Bonchev–Trinajstić information content (AvgIpc) is 2.73. The topological polar surface area (TPSA) is 40.6 Å². The number of rotatable bonds is 5. The predicted molar refractivity (Wildman–Crippen MR) is 114 cm³/mol. The lowest BCUT2D eigenvalue weighted by molar-refractivity contribution is 0.0608. The first-order valence-electron chi connectivity index (χ1n) is 10.3. The molecule has 1 saturated heterocycles. The summed E-state index contributed by atoms with van der Waals surface area (Å²) in [6.07, 6.45) is 4.28. The zero-order valence-corrected chi connectivity index (χ0v) is 17.1. The van der Waals surface area contributed by atoms with Crippen molar-refractivity contribution >= 4 is 17.5 Å². The van der Waals surface area contributed by atoms with Crippen LogP contribution < -0.4 is 4.90 Å². The van der Waals surface area contributed by atoms with Crippen molar-refractivity contribution in [2.24, 2.45) is 0 Å². The van der Waals surface area contributed by atoms with Gasteiger partial charge >= 0.3 is 0 Å².